The molecule has 1 aliphatic rings. The summed E-state index contributed by atoms with van der Waals surface area (Å²) in [7, 11) is 0. The first-order chi connectivity index (χ1) is 8.81. The zero-order valence-corrected chi connectivity index (χ0v) is 11.5. The summed E-state index contributed by atoms with van der Waals surface area (Å²) in [5, 5.41) is 3.39. The summed E-state index contributed by atoms with van der Waals surface area (Å²) >= 11 is 3.54. The standard InChI is InChI=1S/C13H14BrN3O/c14-12-5-1-4-11-10(8-18)16-13(17(11)12)9-3-2-6-15-7-9/h1,4-5,8-9,15H,2-3,6-7H2. The van der Waals surface area contributed by atoms with Crippen LogP contribution < -0.4 is 5.32 Å². The van der Waals surface area contributed by atoms with Gasteiger partial charge in [-0.05, 0) is 47.4 Å². The zero-order chi connectivity index (χ0) is 12.5. The van der Waals surface area contributed by atoms with Crippen molar-refractivity contribution < 1.29 is 4.79 Å². The maximum atomic E-state index is 11.1. The molecular formula is C13H14BrN3O. The molecule has 0 aromatic carbocycles. The average Bonchev–Trinajstić information content (AvgIpc) is 2.80. The summed E-state index contributed by atoms with van der Waals surface area (Å²) < 4.78 is 2.99. The number of carbonyl (C=O) groups excluding carboxylic acids is 1. The monoisotopic (exact) mass is 307 g/mol. The van der Waals surface area contributed by atoms with Crippen molar-refractivity contribution in [2.24, 2.45) is 0 Å². The molecule has 1 saturated heterocycles. The fourth-order valence-electron chi connectivity index (χ4n) is 2.58. The number of hydrogen-bond donors (Lipinski definition) is 1. The first-order valence-corrected chi connectivity index (χ1v) is 6.93. The second kappa shape index (κ2) is 4.82. The van der Waals surface area contributed by atoms with Gasteiger partial charge in [0.05, 0.1) is 10.1 Å². The molecule has 2 aromatic rings. The molecule has 0 spiro atoms. The van der Waals surface area contributed by atoms with E-state index < -0.39 is 0 Å². The van der Waals surface area contributed by atoms with Crippen LogP contribution in [0, 0.1) is 0 Å². The molecule has 0 aliphatic carbocycles. The summed E-state index contributed by atoms with van der Waals surface area (Å²) in [6, 6.07) is 5.83. The number of nitrogens with zero attached hydrogens (tertiary/aromatic N) is 2. The molecule has 1 aliphatic heterocycles. The van der Waals surface area contributed by atoms with Gasteiger partial charge in [-0.3, -0.25) is 9.20 Å². The largest absolute Gasteiger partial charge is 0.316 e. The molecule has 0 amide bonds. The van der Waals surface area contributed by atoms with E-state index in [1.54, 1.807) is 0 Å². The molecule has 1 fully saturated rings. The Morgan fingerprint density at radius 3 is 3.11 bits per heavy atom. The van der Waals surface area contributed by atoms with Crippen molar-refractivity contribution in [2.45, 2.75) is 18.8 Å². The van der Waals surface area contributed by atoms with Gasteiger partial charge in [-0.25, -0.2) is 4.98 Å². The van der Waals surface area contributed by atoms with Gasteiger partial charge in [0.2, 0.25) is 0 Å². The number of hydrogen-bond acceptors (Lipinski definition) is 3. The van der Waals surface area contributed by atoms with Crippen molar-refractivity contribution in [1.29, 1.82) is 0 Å². The lowest BCUT2D eigenvalue weighted by molar-refractivity contribution is 0.112. The first kappa shape index (κ1) is 11.9. The highest BCUT2D eigenvalue weighted by Gasteiger charge is 2.22. The van der Waals surface area contributed by atoms with Crippen molar-refractivity contribution in [3.8, 4) is 0 Å². The number of rotatable bonds is 2. The molecule has 0 radical (unpaired) electrons. The number of carbonyl (C=O) groups is 1. The van der Waals surface area contributed by atoms with E-state index in [9.17, 15) is 4.79 Å². The third-order valence-corrected chi connectivity index (χ3v) is 4.06. The molecule has 5 heteroatoms. The van der Waals surface area contributed by atoms with E-state index >= 15 is 0 Å². The maximum absolute atomic E-state index is 11.1. The number of aromatic nitrogens is 2. The van der Waals surface area contributed by atoms with E-state index in [4.69, 9.17) is 0 Å². The predicted molar refractivity (Wildman–Crippen MR) is 73.1 cm³/mol. The lowest BCUT2D eigenvalue weighted by Gasteiger charge is -2.22. The topological polar surface area (TPSA) is 46.4 Å². The fraction of sp³-hybridized carbons (Fsp3) is 0.385. The molecule has 1 N–H and O–H groups in total. The third kappa shape index (κ3) is 1.87. The van der Waals surface area contributed by atoms with Gasteiger partial charge in [-0.15, -0.1) is 0 Å². The second-order valence-corrected chi connectivity index (χ2v) is 5.40. The van der Waals surface area contributed by atoms with Crippen molar-refractivity contribution in [3.05, 3.63) is 34.3 Å². The molecule has 1 atom stereocenters. The summed E-state index contributed by atoms with van der Waals surface area (Å²) in [6.45, 7) is 2.00. The summed E-state index contributed by atoms with van der Waals surface area (Å²) in [6.07, 6.45) is 3.10. The fourth-order valence-corrected chi connectivity index (χ4v) is 3.10. The average molecular weight is 308 g/mol. The minimum Gasteiger partial charge on any atom is -0.316 e. The van der Waals surface area contributed by atoms with Crippen molar-refractivity contribution in [1.82, 2.24) is 14.7 Å². The predicted octanol–water partition coefficient (Wildman–Crippen LogP) is 2.38. The van der Waals surface area contributed by atoms with Gasteiger partial charge in [0.15, 0.2) is 6.29 Å². The van der Waals surface area contributed by atoms with Gasteiger partial charge in [-0.2, -0.15) is 0 Å². The number of nitrogens with one attached hydrogen (secondary N) is 1. The molecule has 94 valence electrons. The van der Waals surface area contributed by atoms with Crippen molar-refractivity contribution in [3.63, 3.8) is 0 Å². The van der Waals surface area contributed by atoms with Crippen molar-refractivity contribution >= 4 is 27.7 Å². The smallest absolute Gasteiger partial charge is 0.170 e. The van der Waals surface area contributed by atoms with E-state index in [0.717, 1.165) is 48.2 Å². The van der Waals surface area contributed by atoms with Gasteiger partial charge >= 0.3 is 0 Å². The minimum absolute atomic E-state index is 0.374. The molecule has 18 heavy (non-hydrogen) atoms. The maximum Gasteiger partial charge on any atom is 0.170 e. The molecular weight excluding hydrogens is 294 g/mol. The van der Waals surface area contributed by atoms with E-state index in [1.165, 1.54) is 0 Å². The van der Waals surface area contributed by atoms with Gasteiger partial charge in [-0.1, -0.05) is 6.07 Å². The Labute approximate surface area is 114 Å². The number of halogens is 1. The van der Waals surface area contributed by atoms with Gasteiger partial charge < -0.3 is 5.32 Å². The number of imidazole rings is 1. The van der Waals surface area contributed by atoms with Crippen LogP contribution in [0.4, 0.5) is 0 Å². The molecule has 3 rings (SSSR count). The van der Waals surface area contributed by atoms with Crippen LogP contribution in [0.5, 0.6) is 0 Å². The Hall–Kier alpha value is -1.20. The van der Waals surface area contributed by atoms with Crippen LogP contribution >= 0.6 is 15.9 Å². The van der Waals surface area contributed by atoms with E-state index in [-0.39, 0.29) is 0 Å². The Kier molecular flexibility index (Phi) is 3.18. The first-order valence-electron chi connectivity index (χ1n) is 6.14. The van der Waals surface area contributed by atoms with E-state index in [0.29, 0.717) is 11.6 Å². The van der Waals surface area contributed by atoms with Crippen LogP contribution in [0.15, 0.2) is 22.8 Å². The minimum atomic E-state index is 0.374. The van der Waals surface area contributed by atoms with E-state index in [1.807, 2.05) is 22.6 Å². The van der Waals surface area contributed by atoms with Crippen LogP contribution in [-0.4, -0.2) is 28.8 Å². The Bertz CT molecular complexity index is 587. The molecule has 1 unspecified atom stereocenters. The highest BCUT2D eigenvalue weighted by molar-refractivity contribution is 9.10. The quantitative estimate of drug-likeness (QED) is 0.684. The van der Waals surface area contributed by atoms with Crippen LogP contribution in [-0.2, 0) is 0 Å². The van der Waals surface area contributed by atoms with E-state index in [2.05, 4.69) is 26.2 Å². The normalized spacial score (nSPS) is 20.2. The Morgan fingerprint density at radius 2 is 2.39 bits per heavy atom. The van der Waals surface area contributed by atoms with Crippen LogP contribution in [0.2, 0.25) is 0 Å². The Morgan fingerprint density at radius 1 is 1.50 bits per heavy atom. The highest BCUT2D eigenvalue weighted by Crippen LogP contribution is 2.27. The number of aldehydes is 1. The molecule has 3 heterocycles. The zero-order valence-electron chi connectivity index (χ0n) is 9.90. The number of fused-ring (bicyclic) bond motifs is 1. The molecule has 2 aromatic heterocycles. The van der Waals surface area contributed by atoms with Crippen LogP contribution in [0.1, 0.15) is 35.1 Å². The SMILES string of the molecule is O=Cc1nc(C2CCCNC2)n2c(Br)cccc12. The summed E-state index contributed by atoms with van der Waals surface area (Å²) in [5.41, 5.74) is 1.40. The van der Waals surface area contributed by atoms with Crippen LogP contribution in [0.25, 0.3) is 5.52 Å². The molecule has 4 nitrogen and oxygen atoms in total. The summed E-state index contributed by atoms with van der Waals surface area (Å²) in [5.74, 6) is 1.35. The van der Waals surface area contributed by atoms with Crippen molar-refractivity contribution in [2.75, 3.05) is 13.1 Å². The van der Waals surface area contributed by atoms with Gasteiger partial charge in [0, 0.05) is 12.5 Å². The number of pyridine rings is 1. The summed E-state index contributed by atoms with van der Waals surface area (Å²) in [4.78, 5) is 15.6. The molecule has 0 bridgehead atoms. The molecule has 0 saturated carbocycles. The van der Waals surface area contributed by atoms with Gasteiger partial charge in [0.25, 0.3) is 0 Å². The number of piperidine rings is 1. The lowest BCUT2D eigenvalue weighted by atomic mass is 9.99. The Balaban J connectivity index is 2.18. The van der Waals surface area contributed by atoms with Crippen LogP contribution in [0.3, 0.4) is 0 Å². The van der Waals surface area contributed by atoms with Gasteiger partial charge in [0.1, 0.15) is 11.5 Å². The lowest BCUT2D eigenvalue weighted by Crippen LogP contribution is -2.29. The second-order valence-electron chi connectivity index (χ2n) is 4.59. The highest BCUT2D eigenvalue weighted by atomic mass is 79.9. The third-order valence-electron chi connectivity index (χ3n) is 3.44.